The van der Waals surface area contributed by atoms with Gasteiger partial charge >= 0.3 is 0 Å². The molecule has 2 aromatic rings. The van der Waals surface area contributed by atoms with E-state index in [0.29, 0.717) is 6.04 Å². The Kier molecular flexibility index (Phi) is 3.87. The lowest BCUT2D eigenvalue weighted by Gasteiger charge is -2.29. The lowest BCUT2D eigenvalue weighted by molar-refractivity contribution is 0.223. The van der Waals surface area contributed by atoms with Crippen molar-refractivity contribution in [2.24, 2.45) is 0 Å². The second kappa shape index (κ2) is 5.79. The molecule has 0 saturated carbocycles. The molecule has 1 saturated heterocycles. The molecule has 5 nitrogen and oxygen atoms in total. The van der Waals surface area contributed by atoms with E-state index in [1.165, 1.54) is 32.4 Å². The van der Waals surface area contributed by atoms with E-state index in [1.54, 1.807) is 0 Å². The zero-order valence-electron chi connectivity index (χ0n) is 12.3. The Morgan fingerprint density at radius 2 is 2.10 bits per heavy atom. The first kappa shape index (κ1) is 13.4. The summed E-state index contributed by atoms with van der Waals surface area (Å²) in [6, 6.07) is 4.42. The summed E-state index contributed by atoms with van der Waals surface area (Å²) < 4.78 is 1.84. The number of aryl methyl sites for hydroxylation is 1. The van der Waals surface area contributed by atoms with Gasteiger partial charge < -0.3 is 10.2 Å². The van der Waals surface area contributed by atoms with Crippen molar-refractivity contribution in [3.63, 3.8) is 0 Å². The fraction of sp³-hybridized carbons (Fsp3) is 0.600. The van der Waals surface area contributed by atoms with E-state index in [9.17, 15) is 0 Å². The summed E-state index contributed by atoms with van der Waals surface area (Å²) >= 11 is 0. The third kappa shape index (κ3) is 2.93. The first-order valence-electron chi connectivity index (χ1n) is 7.53. The number of rotatable bonds is 4. The second-order valence-electron chi connectivity index (χ2n) is 5.80. The predicted molar refractivity (Wildman–Crippen MR) is 81.1 cm³/mol. The van der Waals surface area contributed by atoms with Crippen LogP contribution in [0.25, 0.3) is 5.65 Å². The van der Waals surface area contributed by atoms with Crippen LogP contribution in [-0.2, 0) is 0 Å². The molecule has 5 heteroatoms. The summed E-state index contributed by atoms with van der Waals surface area (Å²) in [7, 11) is 0. The number of anilines is 1. The zero-order chi connectivity index (χ0) is 13.9. The van der Waals surface area contributed by atoms with Gasteiger partial charge in [-0.1, -0.05) is 12.5 Å². The molecule has 0 aliphatic carbocycles. The molecule has 3 heterocycles. The summed E-state index contributed by atoms with van der Waals surface area (Å²) in [5, 5.41) is 7.90. The maximum atomic E-state index is 4.57. The van der Waals surface area contributed by atoms with Crippen LogP contribution < -0.4 is 5.32 Å². The number of nitrogens with zero attached hydrogens (tertiary/aromatic N) is 4. The van der Waals surface area contributed by atoms with Crippen LogP contribution in [0.3, 0.4) is 0 Å². The molecule has 2 aromatic heterocycles. The van der Waals surface area contributed by atoms with E-state index in [4.69, 9.17) is 0 Å². The summed E-state index contributed by atoms with van der Waals surface area (Å²) in [5.41, 5.74) is 2.08. The maximum absolute atomic E-state index is 4.57. The molecule has 0 spiro atoms. The first-order chi connectivity index (χ1) is 9.72. The van der Waals surface area contributed by atoms with Crippen LogP contribution in [0.5, 0.6) is 0 Å². The van der Waals surface area contributed by atoms with Crippen molar-refractivity contribution in [2.45, 2.75) is 39.2 Å². The van der Waals surface area contributed by atoms with Gasteiger partial charge in [0.05, 0.1) is 0 Å². The smallest absolute Gasteiger partial charge is 0.243 e. The van der Waals surface area contributed by atoms with Gasteiger partial charge in [0.2, 0.25) is 5.95 Å². The van der Waals surface area contributed by atoms with Gasteiger partial charge in [-0.05, 0) is 51.4 Å². The fourth-order valence-corrected chi connectivity index (χ4v) is 2.90. The third-order valence-electron chi connectivity index (χ3n) is 3.91. The van der Waals surface area contributed by atoms with Crippen molar-refractivity contribution in [3.05, 3.63) is 23.9 Å². The van der Waals surface area contributed by atoms with Crippen molar-refractivity contribution < 1.29 is 0 Å². The van der Waals surface area contributed by atoms with Crippen LogP contribution in [0.15, 0.2) is 18.3 Å². The van der Waals surface area contributed by atoms with Crippen LogP contribution in [0.2, 0.25) is 0 Å². The molecule has 1 aliphatic rings. The van der Waals surface area contributed by atoms with Gasteiger partial charge in [0, 0.05) is 18.8 Å². The number of piperidine rings is 1. The van der Waals surface area contributed by atoms with Gasteiger partial charge in [-0.3, -0.25) is 0 Å². The summed E-state index contributed by atoms with van der Waals surface area (Å²) in [5.74, 6) is 0.726. The van der Waals surface area contributed by atoms with Crippen LogP contribution in [0.4, 0.5) is 5.95 Å². The Morgan fingerprint density at radius 1 is 1.30 bits per heavy atom. The molecule has 1 N–H and O–H groups in total. The minimum absolute atomic E-state index is 0.366. The molecule has 3 rings (SSSR count). The van der Waals surface area contributed by atoms with Crippen molar-refractivity contribution in [2.75, 3.05) is 25.0 Å². The van der Waals surface area contributed by atoms with Gasteiger partial charge in [-0.25, -0.2) is 4.52 Å². The molecule has 1 unspecified atom stereocenters. The minimum Gasteiger partial charge on any atom is -0.349 e. The number of pyridine rings is 1. The SMILES string of the molecule is Cc1cccn2nc(NC(C)CN3CCCCC3)nc12. The van der Waals surface area contributed by atoms with E-state index < -0.39 is 0 Å². The average Bonchev–Trinajstić information content (AvgIpc) is 2.83. The molecular formula is C15H23N5. The summed E-state index contributed by atoms with van der Waals surface area (Å²) in [4.78, 5) is 7.10. The van der Waals surface area contributed by atoms with E-state index in [2.05, 4.69) is 40.2 Å². The van der Waals surface area contributed by atoms with Gasteiger partial charge in [-0.15, -0.1) is 5.10 Å². The van der Waals surface area contributed by atoms with Crippen molar-refractivity contribution in [3.8, 4) is 0 Å². The minimum atomic E-state index is 0.366. The lowest BCUT2D eigenvalue weighted by atomic mass is 10.1. The highest BCUT2D eigenvalue weighted by Crippen LogP contribution is 2.12. The molecule has 1 atom stereocenters. The van der Waals surface area contributed by atoms with E-state index in [1.807, 2.05) is 16.8 Å². The van der Waals surface area contributed by atoms with E-state index >= 15 is 0 Å². The van der Waals surface area contributed by atoms with Gasteiger partial charge in [0.25, 0.3) is 0 Å². The van der Waals surface area contributed by atoms with Gasteiger partial charge in [0.15, 0.2) is 5.65 Å². The van der Waals surface area contributed by atoms with E-state index in [0.717, 1.165) is 23.7 Å². The van der Waals surface area contributed by atoms with Crippen molar-refractivity contribution in [1.82, 2.24) is 19.5 Å². The number of aromatic nitrogens is 3. The zero-order valence-corrected chi connectivity index (χ0v) is 12.3. The molecule has 0 amide bonds. The van der Waals surface area contributed by atoms with Crippen LogP contribution in [0.1, 0.15) is 31.7 Å². The standard InChI is InChI=1S/C15H23N5/c1-12-7-6-10-20-14(12)17-15(18-20)16-13(2)11-19-8-4-3-5-9-19/h6-7,10,13H,3-5,8-9,11H2,1-2H3,(H,16,18). The Morgan fingerprint density at radius 3 is 2.85 bits per heavy atom. The Balaban J connectivity index is 1.64. The normalized spacial score (nSPS) is 18.3. The molecule has 0 bridgehead atoms. The highest BCUT2D eigenvalue weighted by molar-refractivity contribution is 5.49. The lowest BCUT2D eigenvalue weighted by Crippen LogP contribution is -2.38. The van der Waals surface area contributed by atoms with Crippen LogP contribution in [0, 0.1) is 6.92 Å². The average molecular weight is 273 g/mol. The van der Waals surface area contributed by atoms with E-state index in [-0.39, 0.29) is 0 Å². The Bertz CT molecular complexity index is 571. The summed E-state index contributed by atoms with van der Waals surface area (Å²) in [6.07, 6.45) is 5.98. The highest BCUT2D eigenvalue weighted by Gasteiger charge is 2.14. The number of likely N-dealkylation sites (tertiary alicyclic amines) is 1. The number of nitrogens with one attached hydrogen (secondary N) is 1. The molecule has 1 aliphatic heterocycles. The maximum Gasteiger partial charge on any atom is 0.243 e. The van der Waals surface area contributed by atoms with Crippen LogP contribution in [-0.4, -0.2) is 45.2 Å². The number of fused-ring (bicyclic) bond motifs is 1. The molecule has 0 radical (unpaired) electrons. The molecular weight excluding hydrogens is 250 g/mol. The molecule has 20 heavy (non-hydrogen) atoms. The third-order valence-corrected chi connectivity index (χ3v) is 3.91. The van der Waals surface area contributed by atoms with Gasteiger partial charge in [-0.2, -0.15) is 4.98 Å². The molecule has 1 fully saturated rings. The monoisotopic (exact) mass is 273 g/mol. The number of hydrogen-bond donors (Lipinski definition) is 1. The van der Waals surface area contributed by atoms with Crippen LogP contribution >= 0.6 is 0 Å². The molecule has 0 aromatic carbocycles. The van der Waals surface area contributed by atoms with Crippen molar-refractivity contribution >= 4 is 11.6 Å². The topological polar surface area (TPSA) is 45.5 Å². The highest BCUT2D eigenvalue weighted by atomic mass is 15.4. The first-order valence-corrected chi connectivity index (χ1v) is 7.53. The Labute approximate surface area is 120 Å². The number of hydrogen-bond acceptors (Lipinski definition) is 4. The molecule has 108 valence electrons. The fourth-order valence-electron chi connectivity index (χ4n) is 2.90. The largest absolute Gasteiger partial charge is 0.349 e. The Hall–Kier alpha value is -1.62. The quantitative estimate of drug-likeness (QED) is 0.928. The second-order valence-corrected chi connectivity index (χ2v) is 5.80. The van der Waals surface area contributed by atoms with Gasteiger partial charge in [0.1, 0.15) is 0 Å². The summed E-state index contributed by atoms with van der Waals surface area (Å²) in [6.45, 7) is 7.78. The van der Waals surface area contributed by atoms with Crippen molar-refractivity contribution in [1.29, 1.82) is 0 Å². The predicted octanol–water partition coefficient (Wildman–Crippen LogP) is 2.32.